The van der Waals surface area contributed by atoms with E-state index >= 15 is 0 Å². The van der Waals surface area contributed by atoms with Crippen LogP contribution in [0.2, 0.25) is 5.02 Å². The normalized spacial score (nSPS) is 10.5. The summed E-state index contributed by atoms with van der Waals surface area (Å²) in [5, 5.41) is 8.01. The van der Waals surface area contributed by atoms with E-state index in [1.54, 1.807) is 12.1 Å². The summed E-state index contributed by atoms with van der Waals surface area (Å²) < 4.78 is 5.54. The Bertz CT molecular complexity index is 969. The van der Waals surface area contributed by atoms with Gasteiger partial charge in [-0.15, -0.1) is 0 Å². The highest BCUT2D eigenvalue weighted by Crippen LogP contribution is 2.23. The standard InChI is InChI=1S/C22H21ClN2O3/c23-18-10-3-4-12-20(18)28-14-6-13-21(26)24-15-22(27)25-19-11-5-8-16-7-1-2-9-17(16)19/h1-5,7-12H,6,13-15H2,(H,24,26)(H,25,27). The number of amides is 2. The van der Waals surface area contributed by atoms with Crippen LogP contribution < -0.4 is 15.4 Å². The maximum atomic E-state index is 12.1. The highest BCUT2D eigenvalue weighted by Gasteiger charge is 2.08. The highest BCUT2D eigenvalue weighted by atomic mass is 35.5. The van der Waals surface area contributed by atoms with Gasteiger partial charge in [-0.25, -0.2) is 0 Å². The summed E-state index contributed by atoms with van der Waals surface area (Å²) in [6, 6.07) is 20.7. The van der Waals surface area contributed by atoms with Gasteiger partial charge in [0.25, 0.3) is 0 Å². The summed E-state index contributed by atoms with van der Waals surface area (Å²) >= 11 is 6.00. The molecule has 5 nitrogen and oxygen atoms in total. The topological polar surface area (TPSA) is 67.4 Å². The molecule has 0 spiro atoms. The second-order valence-electron chi connectivity index (χ2n) is 6.23. The van der Waals surface area contributed by atoms with Gasteiger partial charge in [0, 0.05) is 17.5 Å². The van der Waals surface area contributed by atoms with Gasteiger partial charge in [-0.1, -0.05) is 60.1 Å². The third-order valence-electron chi connectivity index (χ3n) is 4.15. The molecule has 0 saturated heterocycles. The summed E-state index contributed by atoms with van der Waals surface area (Å²) in [5.74, 6) is 0.131. The van der Waals surface area contributed by atoms with Gasteiger partial charge in [-0.05, 0) is 30.0 Å². The molecule has 2 amide bonds. The molecule has 0 aliphatic carbocycles. The molecule has 0 saturated carbocycles. The molecular formula is C22H21ClN2O3. The van der Waals surface area contributed by atoms with Crippen LogP contribution in [0.3, 0.4) is 0 Å². The van der Waals surface area contributed by atoms with E-state index < -0.39 is 0 Å². The SMILES string of the molecule is O=C(CCCOc1ccccc1Cl)NCC(=O)Nc1cccc2ccccc12. The van der Waals surface area contributed by atoms with Crippen LogP contribution in [0.1, 0.15) is 12.8 Å². The molecule has 3 aromatic rings. The predicted octanol–water partition coefficient (Wildman–Crippen LogP) is 4.41. The number of carbonyl (C=O) groups excluding carboxylic acids is 2. The van der Waals surface area contributed by atoms with E-state index in [9.17, 15) is 9.59 Å². The predicted molar refractivity (Wildman–Crippen MR) is 112 cm³/mol. The number of halogens is 1. The van der Waals surface area contributed by atoms with Crippen molar-refractivity contribution in [2.24, 2.45) is 0 Å². The molecule has 28 heavy (non-hydrogen) atoms. The number of hydrogen-bond acceptors (Lipinski definition) is 3. The highest BCUT2D eigenvalue weighted by molar-refractivity contribution is 6.32. The summed E-state index contributed by atoms with van der Waals surface area (Å²) in [6.07, 6.45) is 0.800. The van der Waals surface area contributed by atoms with Gasteiger partial charge in [0.2, 0.25) is 11.8 Å². The van der Waals surface area contributed by atoms with Crippen molar-refractivity contribution >= 4 is 39.9 Å². The lowest BCUT2D eigenvalue weighted by molar-refractivity contribution is -0.124. The first-order valence-corrected chi connectivity index (χ1v) is 9.43. The molecule has 0 heterocycles. The molecule has 3 aromatic carbocycles. The largest absolute Gasteiger partial charge is 0.492 e. The van der Waals surface area contributed by atoms with Crippen molar-refractivity contribution in [2.45, 2.75) is 12.8 Å². The van der Waals surface area contributed by atoms with Gasteiger partial charge in [0.05, 0.1) is 18.2 Å². The van der Waals surface area contributed by atoms with E-state index in [0.717, 1.165) is 16.5 Å². The fourth-order valence-corrected chi connectivity index (χ4v) is 2.96. The van der Waals surface area contributed by atoms with Crippen molar-refractivity contribution in [1.82, 2.24) is 5.32 Å². The molecule has 3 rings (SSSR count). The molecule has 144 valence electrons. The number of anilines is 1. The summed E-state index contributed by atoms with van der Waals surface area (Å²) in [6.45, 7) is 0.298. The molecule has 0 radical (unpaired) electrons. The fraction of sp³-hybridized carbons (Fsp3) is 0.182. The number of carbonyl (C=O) groups is 2. The molecule has 0 atom stereocenters. The molecule has 0 unspecified atom stereocenters. The first-order valence-electron chi connectivity index (χ1n) is 9.05. The Morgan fingerprint density at radius 3 is 2.50 bits per heavy atom. The average Bonchev–Trinajstić information content (AvgIpc) is 2.71. The van der Waals surface area contributed by atoms with Gasteiger partial charge in [-0.3, -0.25) is 9.59 Å². The van der Waals surface area contributed by atoms with E-state index in [2.05, 4.69) is 10.6 Å². The van der Waals surface area contributed by atoms with Crippen molar-refractivity contribution in [3.8, 4) is 5.75 Å². The van der Waals surface area contributed by atoms with Crippen molar-refractivity contribution < 1.29 is 14.3 Å². The minimum Gasteiger partial charge on any atom is -0.492 e. The quantitative estimate of drug-likeness (QED) is 0.554. The first-order chi connectivity index (χ1) is 13.6. The number of para-hydroxylation sites is 1. The smallest absolute Gasteiger partial charge is 0.243 e. The fourth-order valence-electron chi connectivity index (χ4n) is 2.77. The average molecular weight is 397 g/mol. The van der Waals surface area contributed by atoms with Crippen molar-refractivity contribution in [2.75, 3.05) is 18.5 Å². The maximum absolute atomic E-state index is 12.1. The zero-order valence-corrected chi connectivity index (χ0v) is 16.0. The molecule has 6 heteroatoms. The maximum Gasteiger partial charge on any atom is 0.243 e. The van der Waals surface area contributed by atoms with E-state index in [0.29, 0.717) is 23.8 Å². The molecule has 0 aliphatic rings. The summed E-state index contributed by atoms with van der Waals surface area (Å²) in [5.41, 5.74) is 0.727. The van der Waals surface area contributed by atoms with Crippen LogP contribution in [0.15, 0.2) is 66.7 Å². The van der Waals surface area contributed by atoms with Crippen molar-refractivity contribution in [3.63, 3.8) is 0 Å². The van der Waals surface area contributed by atoms with Crippen LogP contribution in [-0.4, -0.2) is 25.0 Å². The van der Waals surface area contributed by atoms with Gasteiger partial charge in [0.1, 0.15) is 5.75 Å². The van der Waals surface area contributed by atoms with Crippen LogP contribution in [0, 0.1) is 0 Å². The van der Waals surface area contributed by atoms with Crippen LogP contribution in [0.5, 0.6) is 5.75 Å². The van der Waals surface area contributed by atoms with Crippen molar-refractivity contribution in [1.29, 1.82) is 0 Å². The van der Waals surface area contributed by atoms with E-state index in [-0.39, 0.29) is 24.8 Å². The third kappa shape index (κ3) is 5.47. The molecule has 0 bridgehead atoms. The van der Waals surface area contributed by atoms with Crippen LogP contribution in [0.25, 0.3) is 10.8 Å². The summed E-state index contributed by atoms with van der Waals surface area (Å²) in [4.78, 5) is 24.1. The Morgan fingerprint density at radius 1 is 0.893 bits per heavy atom. The first kappa shape index (κ1) is 19.7. The van der Waals surface area contributed by atoms with E-state index in [1.165, 1.54) is 0 Å². The Hall–Kier alpha value is -3.05. The Balaban J connectivity index is 1.39. The number of nitrogens with one attached hydrogen (secondary N) is 2. The van der Waals surface area contributed by atoms with Gasteiger partial charge in [0.15, 0.2) is 0 Å². The Kier molecular flexibility index (Phi) is 6.87. The zero-order chi connectivity index (χ0) is 19.8. The molecular weight excluding hydrogens is 376 g/mol. The Labute approximate surface area is 168 Å². The number of benzene rings is 3. The van der Waals surface area contributed by atoms with Crippen LogP contribution in [-0.2, 0) is 9.59 Å². The molecule has 2 N–H and O–H groups in total. The van der Waals surface area contributed by atoms with Gasteiger partial charge < -0.3 is 15.4 Å². The number of hydrogen-bond donors (Lipinski definition) is 2. The third-order valence-corrected chi connectivity index (χ3v) is 4.46. The number of fused-ring (bicyclic) bond motifs is 1. The lowest BCUT2D eigenvalue weighted by Crippen LogP contribution is -2.32. The molecule has 0 aromatic heterocycles. The minimum absolute atomic E-state index is 0.0760. The van der Waals surface area contributed by atoms with Gasteiger partial charge >= 0.3 is 0 Å². The monoisotopic (exact) mass is 396 g/mol. The zero-order valence-electron chi connectivity index (χ0n) is 15.3. The second-order valence-corrected chi connectivity index (χ2v) is 6.64. The number of rotatable bonds is 8. The van der Waals surface area contributed by atoms with Crippen molar-refractivity contribution in [3.05, 3.63) is 71.8 Å². The van der Waals surface area contributed by atoms with Gasteiger partial charge in [-0.2, -0.15) is 0 Å². The lowest BCUT2D eigenvalue weighted by Gasteiger charge is -2.10. The minimum atomic E-state index is -0.267. The molecule has 0 aliphatic heterocycles. The second kappa shape index (κ2) is 9.76. The summed E-state index contributed by atoms with van der Waals surface area (Å²) in [7, 11) is 0. The Morgan fingerprint density at radius 2 is 1.64 bits per heavy atom. The molecule has 0 fully saturated rings. The van der Waals surface area contributed by atoms with E-state index in [1.807, 2.05) is 54.6 Å². The lowest BCUT2D eigenvalue weighted by atomic mass is 10.1. The van der Waals surface area contributed by atoms with E-state index in [4.69, 9.17) is 16.3 Å². The number of ether oxygens (including phenoxy) is 1. The van der Waals surface area contributed by atoms with Crippen LogP contribution in [0.4, 0.5) is 5.69 Å². The van der Waals surface area contributed by atoms with Crippen LogP contribution >= 0.6 is 11.6 Å².